The number of thiophene rings is 1. The van der Waals surface area contributed by atoms with E-state index < -0.39 is 10.0 Å². The Hall–Kier alpha value is -1.94. The van der Waals surface area contributed by atoms with E-state index in [1.807, 2.05) is 31.4 Å². The molecule has 0 spiro atoms. The van der Waals surface area contributed by atoms with Gasteiger partial charge in [0.05, 0.1) is 35.9 Å². The van der Waals surface area contributed by atoms with Crippen molar-refractivity contribution in [3.63, 3.8) is 0 Å². The minimum Gasteiger partial charge on any atom is -0.379 e. The van der Waals surface area contributed by atoms with E-state index >= 15 is 0 Å². The lowest BCUT2D eigenvalue weighted by molar-refractivity contribution is -0.115. The first-order valence-electron chi connectivity index (χ1n) is 9.74. The first kappa shape index (κ1) is 21.8. The molecule has 0 atom stereocenters. The normalized spacial score (nSPS) is 15.2. The van der Waals surface area contributed by atoms with Crippen LogP contribution < -0.4 is 10.2 Å². The molecule has 1 amide bonds. The summed E-state index contributed by atoms with van der Waals surface area (Å²) < 4.78 is 32.8. The van der Waals surface area contributed by atoms with Gasteiger partial charge < -0.3 is 15.0 Å². The molecule has 1 saturated heterocycles. The first-order valence-corrected chi connectivity index (χ1v) is 12.1. The van der Waals surface area contributed by atoms with Crippen molar-refractivity contribution in [1.82, 2.24) is 4.31 Å². The van der Waals surface area contributed by atoms with Gasteiger partial charge in [0, 0.05) is 31.1 Å². The number of carbonyl (C=O) groups is 1. The molecular formula is C20H27N3O4S2. The Kier molecular flexibility index (Phi) is 7.28. The molecule has 0 unspecified atom stereocenters. The third kappa shape index (κ3) is 5.16. The molecule has 1 aromatic heterocycles. The minimum absolute atomic E-state index is 0.165. The van der Waals surface area contributed by atoms with E-state index in [0.29, 0.717) is 32.0 Å². The van der Waals surface area contributed by atoms with Gasteiger partial charge in [-0.3, -0.25) is 4.79 Å². The van der Waals surface area contributed by atoms with Gasteiger partial charge in [0.1, 0.15) is 0 Å². The summed E-state index contributed by atoms with van der Waals surface area (Å²) in [5.41, 5.74) is 1.33. The molecule has 1 N–H and O–H groups in total. The summed E-state index contributed by atoms with van der Waals surface area (Å²) in [6, 6.07) is 8.79. The molecule has 1 fully saturated rings. The lowest BCUT2D eigenvalue weighted by Crippen LogP contribution is -2.40. The molecule has 158 valence electrons. The molecule has 0 radical (unpaired) electrons. The highest BCUT2D eigenvalue weighted by Crippen LogP contribution is 2.30. The molecule has 0 aliphatic carbocycles. The SMILES string of the molecule is CCN(CC)c1ccc(S(=O)(=O)N2CCOCC2)cc1NC(=O)Cc1cccs1. The maximum absolute atomic E-state index is 13.0. The number of rotatable bonds is 8. The lowest BCUT2D eigenvalue weighted by atomic mass is 10.2. The maximum atomic E-state index is 13.0. The van der Waals surface area contributed by atoms with E-state index in [4.69, 9.17) is 4.74 Å². The molecule has 0 bridgehead atoms. The Morgan fingerprint density at radius 3 is 2.55 bits per heavy atom. The number of sulfonamides is 1. The fourth-order valence-corrected chi connectivity index (χ4v) is 5.46. The number of morpholine rings is 1. The van der Waals surface area contributed by atoms with Crippen molar-refractivity contribution in [2.45, 2.75) is 25.2 Å². The summed E-state index contributed by atoms with van der Waals surface area (Å²) in [5.74, 6) is -0.165. The molecule has 1 aliphatic heterocycles. The number of amides is 1. The smallest absolute Gasteiger partial charge is 0.243 e. The fraction of sp³-hybridized carbons (Fsp3) is 0.450. The van der Waals surface area contributed by atoms with Crippen LogP contribution in [0.2, 0.25) is 0 Å². The van der Waals surface area contributed by atoms with Gasteiger partial charge in [0.2, 0.25) is 15.9 Å². The average Bonchev–Trinajstić information content (AvgIpc) is 3.23. The molecule has 29 heavy (non-hydrogen) atoms. The third-order valence-electron chi connectivity index (χ3n) is 4.87. The van der Waals surface area contributed by atoms with Crippen molar-refractivity contribution in [3.05, 3.63) is 40.6 Å². The molecular weight excluding hydrogens is 410 g/mol. The summed E-state index contributed by atoms with van der Waals surface area (Å²) in [5, 5.41) is 4.86. The van der Waals surface area contributed by atoms with Crippen molar-refractivity contribution in [3.8, 4) is 0 Å². The predicted molar refractivity (Wildman–Crippen MR) is 116 cm³/mol. The molecule has 1 aromatic carbocycles. The Balaban J connectivity index is 1.91. The molecule has 2 aromatic rings. The Labute approximate surface area is 176 Å². The van der Waals surface area contributed by atoms with Crippen molar-refractivity contribution in [1.29, 1.82) is 0 Å². The summed E-state index contributed by atoms with van der Waals surface area (Å²) in [6.07, 6.45) is 0.260. The van der Waals surface area contributed by atoms with E-state index in [-0.39, 0.29) is 17.2 Å². The molecule has 3 rings (SSSR count). The van der Waals surface area contributed by atoms with Crippen LogP contribution in [0.4, 0.5) is 11.4 Å². The van der Waals surface area contributed by atoms with Crippen LogP contribution >= 0.6 is 11.3 Å². The van der Waals surface area contributed by atoms with Crippen molar-refractivity contribution in [2.75, 3.05) is 49.6 Å². The van der Waals surface area contributed by atoms with Gasteiger partial charge in [-0.25, -0.2) is 8.42 Å². The second kappa shape index (κ2) is 9.71. The molecule has 9 heteroatoms. The number of ether oxygens (including phenoxy) is 1. The van der Waals surface area contributed by atoms with Crippen molar-refractivity contribution in [2.24, 2.45) is 0 Å². The van der Waals surface area contributed by atoms with Crippen LogP contribution in [0.5, 0.6) is 0 Å². The lowest BCUT2D eigenvalue weighted by Gasteiger charge is -2.28. The van der Waals surface area contributed by atoms with E-state index in [1.165, 1.54) is 15.6 Å². The van der Waals surface area contributed by atoms with Crippen LogP contribution in [0.3, 0.4) is 0 Å². The van der Waals surface area contributed by atoms with Crippen LogP contribution in [0.15, 0.2) is 40.6 Å². The van der Waals surface area contributed by atoms with E-state index in [9.17, 15) is 13.2 Å². The van der Waals surface area contributed by atoms with Gasteiger partial charge in [0.15, 0.2) is 0 Å². The number of benzene rings is 1. The summed E-state index contributed by atoms with van der Waals surface area (Å²) in [4.78, 5) is 15.8. The highest BCUT2D eigenvalue weighted by molar-refractivity contribution is 7.89. The molecule has 0 saturated carbocycles. The van der Waals surface area contributed by atoms with Gasteiger partial charge in [-0.1, -0.05) is 6.07 Å². The van der Waals surface area contributed by atoms with Crippen LogP contribution in [-0.2, 0) is 26.0 Å². The zero-order valence-electron chi connectivity index (χ0n) is 16.8. The minimum atomic E-state index is -3.64. The monoisotopic (exact) mass is 437 g/mol. The predicted octanol–water partition coefficient (Wildman–Crippen LogP) is 2.80. The number of hydrogen-bond acceptors (Lipinski definition) is 6. The summed E-state index contributed by atoms with van der Waals surface area (Å²) in [6.45, 7) is 7.00. The molecule has 2 heterocycles. The second-order valence-corrected chi connectivity index (χ2v) is 9.64. The average molecular weight is 438 g/mol. The number of nitrogens with one attached hydrogen (secondary N) is 1. The van der Waals surface area contributed by atoms with E-state index in [2.05, 4.69) is 10.2 Å². The van der Waals surface area contributed by atoms with Crippen LogP contribution in [0.1, 0.15) is 18.7 Å². The highest BCUT2D eigenvalue weighted by Gasteiger charge is 2.27. The van der Waals surface area contributed by atoms with Gasteiger partial charge >= 0.3 is 0 Å². The first-order chi connectivity index (χ1) is 14.0. The zero-order valence-corrected chi connectivity index (χ0v) is 18.4. The van der Waals surface area contributed by atoms with Crippen LogP contribution in [0, 0.1) is 0 Å². The maximum Gasteiger partial charge on any atom is 0.243 e. The second-order valence-electron chi connectivity index (χ2n) is 6.67. The fourth-order valence-electron chi connectivity index (χ4n) is 3.32. The Bertz CT molecular complexity index is 919. The van der Waals surface area contributed by atoms with Crippen molar-refractivity contribution >= 4 is 38.6 Å². The number of carbonyl (C=O) groups excluding carboxylic acids is 1. The van der Waals surface area contributed by atoms with Gasteiger partial charge in [-0.05, 0) is 43.5 Å². The number of anilines is 2. The molecule has 7 nitrogen and oxygen atoms in total. The quantitative estimate of drug-likeness (QED) is 0.687. The Morgan fingerprint density at radius 2 is 1.93 bits per heavy atom. The highest BCUT2D eigenvalue weighted by atomic mass is 32.2. The van der Waals surface area contributed by atoms with Crippen molar-refractivity contribution < 1.29 is 17.9 Å². The van der Waals surface area contributed by atoms with E-state index in [1.54, 1.807) is 18.2 Å². The third-order valence-corrected chi connectivity index (χ3v) is 7.64. The van der Waals surface area contributed by atoms with Crippen LogP contribution in [-0.4, -0.2) is 58.0 Å². The van der Waals surface area contributed by atoms with Gasteiger partial charge in [-0.2, -0.15) is 4.31 Å². The number of nitrogens with zero attached hydrogens (tertiary/aromatic N) is 2. The number of hydrogen-bond donors (Lipinski definition) is 1. The zero-order chi connectivity index (χ0) is 20.9. The van der Waals surface area contributed by atoms with Gasteiger partial charge in [0.25, 0.3) is 0 Å². The van der Waals surface area contributed by atoms with E-state index in [0.717, 1.165) is 23.7 Å². The Morgan fingerprint density at radius 1 is 1.21 bits per heavy atom. The summed E-state index contributed by atoms with van der Waals surface area (Å²) >= 11 is 1.52. The molecule has 1 aliphatic rings. The largest absolute Gasteiger partial charge is 0.379 e. The summed E-state index contributed by atoms with van der Waals surface area (Å²) in [7, 11) is -3.64. The standard InChI is InChI=1S/C20H27N3O4S2/c1-3-22(4-2)19-8-7-17(29(25,26)23-9-11-27-12-10-23)15-18(19)21-20(24)14-16-6-5-13-28-16/h5-8,13,15H,3-4,9-12,14H2,1-2H3,(H,21,24). The topological polar surface area (TPSA) is 79.0 Å². The van der Waals surface area contributed by atoms with Gasteiger partial charge in [-0.15, -0.1) is 11.3 Å². The van der Waals surface area contributed by atoms with Crippen LogP contribution in [0.25, 0.3) is 0 Å².